The Bertz CT molecular complexity index is 505. The van der Waals surface area contributed by atoms with Gasteiger partial charge in [0.05, 0.1) is 5.69 Å². The van der Waals surface area contributed by atoms with Gasteiger partial charge in [-0.2, -0.15) is 0 Å². The van der Waals surface area contributed by atoms with Crippen LogP contribution in [0.25, 0.3) is 10.6 Å². The van der Waals surface area contributed by atoms with Crippen LogP contribution in [0.5, 0.6) is 0 Å². The summed E-state index contributed by atoms with van der Waals surface area (Å²) in [6.45, 7) is 6.01. The van der Waals surface area contributed by atoms with E-state index in [0.717, 1.165) is 35.8 Å². The first kappa shape index (κ1) is 13.2. The molecule has 0 fully saturated rings. The van der Waals surface area contributed by atoms with Gasteiger partial charge in [-0.1, -0.05) is 13.8 Å². The molecule has 1 heterocycles. The van der Waals surface area contributed by atoms with Crippen LogP contribution in [0.4, 0.5) is 4.39 Å². The van der Waals surface area contributed by atoms with Crippen LogP contribution in [-0.4, -0.2) is 11.5 Å². The second kappa shape index (κ2) is 6.07. The van der Waals surface area contributed by atoms with E-state index in [-0.39, 0.29) is 5.82 Å². The lowest BCUT2D eigenvalue weighted by Gasteiger charge is -1.99. The largest absolute Gasteiger partial charge is 0.312 e. The first-order valence-electron chi connectivity index (χ1n) is 6.19. The van der Waals surface area contributed by atoms with Crippen LogP contribution in [0, 0.1) is 5.82 Å². The van der Waals surface area contributed by atoms with Gasteiger partial charge in [-0.15, -0.1) is 11.3 Å². The van der Waals surface area contributed by atoms with Crippen molar-refractivity contribution in [2.75, 3.05) is 6.54 Å². The summed E-state index contributed by atoms with van der Waals surface area (Å²) in [7, 11) is 0. The van der Waals surface area contributed by atoms with Gasteiger partial charge in [0.1, 0.15) is 10.8 Å². The maximum Gasteiger partial charge on any atom is 0.123 e. The average molecular weight is 264 g/mol. The number of aromatic nitrogens is 1. The number of nitrogens with zero attached hydrogens (tertiary/aromatic N) is 1. The Labute approximate surface area is 111 Å². The minimum absolute atomic E-state index is 0.209. The number of aryl methyl sites for hydroxylation is 1. The summed E-state index contributed by atoms with van der Waals surface area (Å²) in [6.07, 6.45) is 0.929. The summed E-state index contributed by atoms with van der Waals surface area (Å²) in [5.74, 6) is -0.209. The van der Waals surface area contributed by atoms with Gasteiger partial charge in [0.2, 0.25) is 0 Å². The lowest BCUT2D eigenvalue weighted by molar-refractivity contribution is 0.628. The fourth-order valence-corrected chi connectivity index (χ4v) is 2.88. The van der Waals surface area contributed by atoms with Crippen LogP contribution in [-0.2, 0) is 13.0 Å². The van der Waals surface area contributed by atoms with E-state index in [1.54, 1.807) is 23.5 Å². The standard InChI is InChI=1S/C14H17FN2S/c1-3-12-13(9-16-4-2)18-14(17-12)10-5-7-11(15)8-6-10/h5-8,16H,3-4,9H2,1-2H3. The molecule has 2 aromatic rings. The van der Waals surface area contributed by atoms with Crippen molar-refractivity contribution in [1.82, 2.24) is 10.3 Å². The highest BCUT2D eigenvalue weighted by Crippen LogP contribution is 2.28. The molecular formula is C14H17FN2S. The van der Waals surface area contributed by atoms with Crippen molar-refractivity contribution < 1.29 is 4.39 Å². The zero-order valence-corrected chi connectivity index (χ0v) is 11.5. The van der Waals surface area contributed by atoms with Crippen molar-refractivity contribution in [2.45, 2.75) is 26.8 Å². The normalized spacial score (nSPS) is 10.8. The van der Waals surface area contributed by atoms with E-state index < -0.39 is 0 Å². The molecule has 4 heteroatoms. The average Bonchev–Trinajstić information content (AvgIpc) is 2.80. The Kier molecular flexibility index (Phi) is 4.44. The number of nitrogens with one attached hydrogen (secondary N) is 1. The fraction of sp³-hybridized carbons (Fsp3) is 0.357. The second-order valence-corrected chi connectivity index (χ2v) is 5.11. The molecule has 0 saturated heterocycles. The minimum atomic E-state index is -0.209. The van der Waals surface area contributed by atoms with Crippen molar-refractivity contribution >= 4 is 11.3 Å². The number of hydrogen-bond donors (Lipinski definition) is 1. The Morgan fingerprint density at radius 3 is 2.56 bits per heavy atom. The zero-order chi connectivity index (χ0) is 13.0. The molecule has 96 valence electrons. The van der Waals surface area contributed by atoms with E-state index >= 15 is 0 Å². The molecule has 0 unspecified atom stereocenters. The summed E-state index contributed by atoms with van der Waals surface area (Å²) in [5, 5.41) is 4.30. The van der Waals surface area contributed by atoms with Crippen LogP contribution in [0.15, 0.2) is 24.3 Å². The van der Waals surface area contributed by atoms with Gasteiger partial charge in [0.25, 0.3) is 0 Å². The lowest BCUT2D eigenvalue weighted by atomic mass is 10.2. The van der Waals surface area contributed by atoms with Crippen LogP contribution in [0.1, 0.15) is 24.4 Å². The Hall–Kier alpha value is -1.26. The predicted octanol–water partition coefficient (Wildman–Crippen LogP) is 3.62. The number of hydrogen-bond acceptors (Lipinski definition) is 3. The van der Waals surface area contributed by atoms with Crippen LogP contribution < -0.4 is 5.32 Å². The number of benzene rings is 1. The Balaban J connectivity index is 2.28. The maximum absolute atomic E-state index is 12.9. The van der Waals surface area contributed by atoms with Gasteiger partial charge in [0, 0.05) is 17.0 Å². The third-order valence-corrected chi connectivity index (χ3v) is 3.89. The zero-order valence-electron chi connectivity index (χ0n) is 10.7. The van der Waals surface area contributed by atoms with E-state index in [1.807, 2.05) is 0 Å². The fourth-order valence-electron chi connectivity index (χ4n) is 1.75. The molecule has 0 aliphatic rings. The van der Waals surface area contributed by atoms with Gasteiger partial charge in [-0.05, 0) is 37.2 Å². The van der Waals surface area contributed by atoms with Crippen LogP contribution in [0.3, 0.4) is 0 Å². The van der Waals surface area contributed by atoms with E-state index in [4.69, 9.17) is 0 Å². The Morgan fingerprint density at radius 1 is 1.22 bits per heavy atom. The predicted molar refractivity (Wildman–Crippen MR) is 74.3 cm³/mol. The quantitative estimate of drug-likeness (QED) is 0.892. The molecule has 0 aliphatic carbocycles. The summed E-state index contributed by atoms with van der Waals surface area (Å²) in [4.78, 5) is 5.91. The molecule has 2 rings (SSSR count). The highest BCUT2D eigenvalue weighted by Gasteiger charge is 2.10. The summed E-state index contributed by atoms with van der Waals surface area (Å²) >= 11 is 1.69. The topological polar surface area (TPSA) is 24.9 Å². The molecule has 1 aromatic carbocycles. The highest BCUT2D eigenvalue weighted by molar-refractivity contribution is 7.15. The smallest absolute Gasteiger partial charge is 0.123 e. The van der Waals surface area contributed by atoms with Crippen LogP contribution in [0.2, 0.25) is 0 Å². The van der Waals surface area contributed by atoms with E-state index in [0.29, 0.717) is 0 Å². The molecule has 1 aromatic heterocycles. The van der Waals surface area contributed by atoms with Gasteiger partial charge in [0.15, 0.2) is 0 Å². The Morgan fingerprint density at radius 2 is 1.94 bits per heavy atom. The van der Waals surface area contributed by atoms with Crippen molar-refractivity contribution in [2.24, 2.45) is 0 Å². The van der Waals surface area contributed by atoms with Gasteiger partial charge in [-0.25, -0.2) is 9.37 Å². The molecule has 0 spiro atoms. The highest BCUT2D eigenvalue weighted by atomic mass is 32.1. The molecule has 0 amide bonds. The molecular weight excluding hydrogens is 247 g/mol. The van der Waals surface area contributed by atoms with Crippen LogP contribution >= 0.6 is 11.3 Å². The van der Waals surface area contributed by atoms with Crippen molar-refractivity contribution in [3.8, 4) is 10.6 Å². The molecule has 0 saturated carbocycles. The monoisotopic (exact) mass is 264 g/mol. The first-order chi connectivity index (χ1) is 8.74. The lowest BCUT2D eigenvalue weighted by Crippen LogP contribution is -2.11. The first-order valence-corrected chi connectivity index (χ1v) is 7.01. The van der Waals surface area contributed by atoms with Crippen molar-refractivity contribution in [3.05, 3.63) is 40.7 Å². The van der Waals surface area contributed by atoms with Gasteiger partial charge in [-0.3, -0.25) is 0 Å². The third kappa shape index (κ3) is 2.94. The molecule has 0 aliphatic heterocycles. The van der Waals surface area contributed by atoms with Gasteiger partial charge >= 0.3 is 0 Å². The SMILES string of the molecule is CCNCc1sc(-c2ccc(F)cc2)nc1CC. The second-order valence-electron chi connectivity index (χ2n) is 4.03. The third-order valence-electron chi connectivity index (χ3n) is 2.74. The van der Waals surface area contributed by atoms with E-state index in [1.165, 1.54) is 17.0 Å². The number of halogens is 1. The van der Waals surface area contributed by atoms with Gasteiger partial charge < -0.3 is 5.32 Å². The summed E-state index contributed by atoms with van der Waals surface area (Å²) in [5.41, 5.74) is 2.12. The molecule has 0 atom stereocenters. The molecule has 18 heavy (non-hydrogen) atoms. The summed E-state index contributed by atoms with van der Waals surface area (Å²) < 4.78 is 12.9. The minimum Gasteiger partial charge on any atom is -0.312 e. The molecule has 2 nitrogen and oxygen atoms in total. The maximum atomic E-state index is 12.9. The number of rotatable bonds is 5. The van der Waals surface area contributed by atoms with Crippen molar-refractivity contribution in [1.29, 1.82) is 0 Å². The van der Waals surface area contributed by atoms with E-state index in [9.17, 15) is 4.39 Å². The molecule has 0 bridgehead atoms. The molecule has 1 N–H and O–H groups in total. The van der Waals surface area contributed by atoms with E-state index in [2.05, 4.69) is 24.1 Å². The molecule has 0 radical (unpaired) electrons. The number of thiazole rings is 1. The summed E-state index contributed by atoms with van der Waals surface area (Å²) in [6, 6.07) is 6.52. The van der Waals surface area contributed by atoms with Crippen molar-refractivity contribution in [3.63, 3.8) is 0 Å².